The molecule has 0 spiro atoms. The van der Waals surface area contributed by atoms with Gasteiger partial charge in [0.25, 0.3) is 5.91 Å². The summed E-state index contributed by atoms with van der Waals surface area (Å²) in [6.07, 6.45) is 0.702. The summed E-state index contributed by atoms with van der Waals surface area (Å²) in [5.41, 5.74) is 0.0629. The van der Waals surface area contributed by atoms with Crippen LogP contribution in [0.15, 0.2) is 24.4 Å². The Morgan fingerprint density at radius 2 is 1.68 bits per heavy atom. The van der Waals surface area contributed by atoms with Crippen LogP contribution in [0, 0.1) is 5.92 Å². The molecule has 0 bridgehead atoms. The topological polar surface area (TPSA) is 154 Å². The first-order valence-electron chi connectivity index (χ1n) is 12.0. The molecule has 0 aliphatic rings. The van der Waals surface area contributed by atoms with Gasteiger partial charge in [0.1, 0.15) is 18.2 Å². The van der Waals surface area contributed by atoms with Gasteiger partial charge in [-0.15, -0.1) is 0 Å². The highest BCUT2D eigenvalue weighted by atomic mass is 16.7. The van der Waals surface area contributed by atoms with Crippen LogP contribution in [0.5, 0.6) is 0 Å². The van der Waals surface area contributed by atoms with E-state index in [-0.39, 0.29) is 5.92 Å². The fourth-order valence-electron chi connectivity index (χ4n) is 2.77. The molecule has 1 aromatic rings. The maximum Gasteiger partial charge on any atom is 0.412 e. The molecule has 0 unspecified atom stereocenters. The number of aromatic nitrogens is 1. The Kier molecular flexibility index (Phi) is 13.0. The third-order valence-electron chi connectivity index (χ3n) is 4.87. The van der Waals surface area contributed by atoms with Crippen molar-refractivity contribution in [1.29, 1.82) is 0 Å². The van der Waals surface area contributed by atoms with E-state index in [2.05, 4.69) is 10.3 Å². The summed E-state index contributed by atoms with van der Waals surface area (Å²) in [4.78, 5) is 67.2. The summed E-state index contributed by atoms with van der Waals surface area (Å²) < 4.78 is 19.9. The molecule has 1 heterocycles. The second-order valence-electron chi connectivity index (χ2n) is 9.76. The van der Waals surface area contributed by atoms with Crippen LogP contribution >= 0.6 is 0 Å². The van der Waals surface area contributed by atoms with Gasteiger partial charge in [-0.1, -0.05) is 19.9 Å². The minimum atomic E-state index is -1.04. The molecule has 1 aromatic heterocycles. The Morgan fingerprint density at radius 1 is 1.00 bits per heavy atom. The lowest BCUT2D eigenvalue weighted by Crippen LogP contribution is -2.48. The van der Waals surface area contributed by atoms with Gasteiger partial charge in [-0.05, 0) is 38.8 Å². The fraction of sp³-hybridized carbons (Fsp3) is 0.600. The highest BCUT2D eigenvalue weighted by molar-refractivity contribution is 5.86. The van der Waals surface area contributed by atoms with Crippen molar-refractivity contribution in [3.05, 3.63) is 30.1 Å². The van der Waals surface area contributed by atoms with E-state index in [1.165, 1.54) is 19.0 Å². The second kappa shape index (κ2) is 15.4. The fourth-order valence-corrected chi connectivity index (χ4v) is 2.77. The van der Waals surface area contributed by atoms with Crippen LogP contribution in [0.1, 0.15) is 40.3 Å². The van der Waals surface area contributed by atoms with E-state index >= 15 is 0 Å². The normalized spacial score (nSPS) is 11.7. The van der Waals surface area contributed by atoms with Gasteiger partial charge in [0.15, 0.2) is 6.61 Å². The first-order chi connectivity index (χ1) is 17.7. The molecule has 13 nitrogen and oxygen atoms in total. The molecule has 0 aliphatic heterocycles. The molecular formula is C25H38N4O9. The minimum absolute atomic E-state index is 0.338. The molecule has 1 rings (SSSR count). The van der Waals surface area contributed by atoms with Crippen molar-refractivity contribution in [2.75, 3.05) is 40.6 Å². The maximum absolute atomic E-state index is 12.4. The molecule has 0 saturated heterocycles. The van der Waals surface area contributed by atoms with Gasteiger partial charge < -0.3 is 34.1 Å². The molecule has 0 radical (unpaired) electrons. The zero-order valence-corrected chi connectivity index (χ0v) is 23.0. The summed E-state index contributed by atoms with van der Waals surface area (Å²) in [6.45, 7) is 7.04. The molecule has 0 aliphatic carbocycles. The van der Waals surface area contributed by atoms with Gasteiger partial charge in [-0.25, -0.2) is 14.4 Å². The standard InChI is InChI=1S/C25H38N4O9/c1-17(2)21(27-23(33)38-25(3,4)5)22(32)35-15-19(30)29(7)14-20(31)36-16-37-24(34)28(6)13-11-18-10-8-9-12-26-18/h8-10,12,17,21H,11,13-16H2,1-7H3,(H,27,33)/t21-/m0/s1. The smallest absolute Gasteiger partial charge is 0.412 e. The highest BCUT2D eigenvalue weighted by Crippen LogP contribution is 2.10. The van der Waals surface area contributed by atoms with Gasteiger partial charge in [-0.2, -0.15) is 0 Å². The predicted octanol–water partition coefficient (Wildman–Crippen LogP) is 1.74. The first-order valence-corrected chi connectivity index (χ1v) is 12.0. The van der Waals surface area contributed by atoms with Crippen LogP contribution in [0.25, 0.3) is 0 Å². The Bertz CT molecular complexity index is 948. The molecule has 1 N–H and O–H groups in total. The zero-order valence-electron chi connectivity index (χ0n) is 23.0. The second-order valence-corrected chi connectivity index (χ2v) is 9.76. The van der Waals surface area contributed by atoms with Gasteiger partial charge >= 0.3 is 24.1 Å². The van der Waals surface area contributed by atoms with Crippen molar-refractivity contribution in [2.24, 2.45) is 5.92 Å². The highest BCUT2D eigenvalue weighted by Gasteiger charge is 2.29. The van der Waals surface area contributed by atoms with Gasteiger partial charge in [0.05, 0.1) is 0 Å². The first kappa shape index (κ1) is 32.1. The van der Waals surface area contributed by atoms with Gasteiger partial charge in [0.2, 0.25) is 6.79 Å². The van der Waals surface area contributed by atoms with Crippen LogP contribution in [-0.4, -0.2) is 97.0 Å². The number of likely N-dealkylation sites (N-methyl/N-ethyl adjacent to an activating group) is 2. The van der Waals surface area contributed by atoms with E-state index in [1.54, 1.807) is 46.9 Å². The summed E-state index contributed by atoms with van der Waals surface area (Å²) in [5, 5.41) is 2.43. The van der Waals surface area contributed by atoms with Crippen molar-refractivity contribution in [3.63, 3.8) is 0 Å². The number of nitrogens with zero attached hydrogens (tertiary/aromatic N) is 3. The number of hydrogen-bond acceptors (Lipinski definition) is 10. The number of carbonyl (C=O) groups is 5. The molecule has 1 atom stereocenters. The number of nitrogens with one attached hydrogen (secondary N) is 1. The largest absolute Gasteiger partial charge is 0.454 e. The molecule has 0 fully saturated rings. The number of amides is 3. The maximum atomic E-state index is 12.4. The Labute approximate surface area is 222 Å². The molecular weight excluding hydrogens is 500 g/mol. The lowest BCUT2D eigenvalue weighted by molar-refractivity contribution is -0.159. The summed E-state index contributed by atoms with van der Waals surface area (Å²) in [5.74, 6) is -2.67. The molecule has 0 aromatic carbocycles. The van der Waals surface area contributed by atoms with Crippen molar-refractivity contribution in [2.45, 2.75) is 52.7 Å². The molecule has 13 heteroatoms. The minimum Gasteiger partial charge on any atom is -0.454 e. The zero-order chi connectivity index (χ0) is 28.9. The average Bonchev–Trinajstić information content (AvgIpc) is 2.83. The third-order valence-corrected chi connectivity index (χ3v) is 4.87. The molecule has 0 saturated carbocycles. The van der Waals surface area contributed by atoms with E-state index in [4.69, 9.17) is 18.9 Å². The monoisotopic (exact) mass is 538 g/mol. The number of pyridine rings is 1. The Morgan fingerprint density at radius 3 is 2.26 bits per heavy atom. The van der Waals surface area contributed by atoms with Crippen LogP contribution in [-0.2, 0) is 39.8 Å². The summed E-state index contributed by atoms with van der Waals surface area (Å²) >= 11 is 0. The van der Waals surface area contributed by atoms with E-state index < -0.39 is 61.6 Å². The summed E-state index contributed by atoms with van der Waals surface area (Å²) in [7, 11) is 2.85. The lowest BCUT2D eigenvalue weighted by atomic mass is 10.1. The van der Waals surface area contributed by atoms with Crippen molar-refractivity contribution < 1.29 is 42.9 Å². The van der Waals surface area contributed by atoms with Crippen molar-refractivity contribution in [3.8, 4) is 0 Å². The van der Waals surface area contributed by atoms with Gasteiger partial charge in [-0.3, -0.25) is 14.6 Å². The van der Waals surface area contributed by atoms with Gasteiger partial charge in [0, 0.05) is 39.0 Å². The number of alkyl carbamates (subject to hydrolysis) is 1. The van der Waals surface area contributed by atoms with Crippen LogP contribution < -0.4 is 5.32 Å². The van der Waals surface area contributed by atoms with Crippen LogP contribution in [0.2, 0.25) is 0 Å². The Hall–Kier alpha value is -3.90. The quantitative estimate of drug-likeness (QED) is 0.236. The Balaban J connectivity index is 2.37. The molecule has 38 heavy (non-hydrogen) atoms. The van der Waals surface area contributed by atoms with Crippen LogP contribution in [0.3, 0.4) is 0 Å². The number of rotatable bonds is 12. The van der Waals surface area contributed by atoms with Crippen molar-refractivity contribution in [1.82, 2.24) is 20.1 Å². The number of carbonyl (C=O) groups excluding carboxylic acids is 5. The number of ether oxygens (including phenoxy) is 4. The van der Waals surface area contributed by atoms with E-state index in [0.717, 1.165) is 10.6 Å². The van der Waals surface area contributed by atoms with Crippen LogP contribution in [0.4, 0.5) is 9.59 Å². The van der Waals surface area contributed by atoms with E-state index in [0.29, 0.717) is 13.0 Å². The number of hydrogen-bond donors (Lipinski definition) is 1. The van der Waals surface area contributed by atoms with E-state index in [9.17, 15) is 24.0 Å². The SMILES string of the molecule is CC(C)[C@H](NC(=O)OC(C)(C)C)C(=O)OCC(=O)N(C)CC(=O)OCOC(=O)N(C)CCc1ccccn1. The lowest BCUT2D eigenvalue weighted by Gasteiger charge is -2.25. The molecule has 212 valence electrons. The average molecular weight is 539 g/mol. The predicted molar refractivity (Wildman–Crippen MR) is 135 cm³/mol. The number of esters is 2. The van der Waals surface area contributed by atoms with Crippen molar-refractivity contribution >= 4 is 30.0 Å². The van der Waals surface area contributed by atoms with E-state index in [1.807, 2.05) is 12.1 Å². The molecule has 3 amide bonds. The summed E-state index contributed by atoms with van der Waals surface area (Å²) in [6, 6.07) is 4.44. The third kappa shape index (κ3) is 12.9.